The number of nitriles is 1. The molecule has 1 fully saturated rings. The zero-order chi connectivity index (χ0) is 26.6. The van der Waals surface area contributed by atoms with Crippen molar-refractivity contribution in [3.63, 3.8) is 0 Å². The second-order valence-corrected chi connectivity index (χ2v) is 8.95. The summed E-state index contributed by atoms with van der Waals surface area (Å²) >= 11 is 0. The maximum absolute atomic E-state index is 13.3. The van der Waals surface area contributed by atoms with Gasteiger partial charge in [-0.3, -0.25) is 9.59 Å². The molecule has 9 heteroatoms. The summed E-state index contributed by atoms with van der Waals surface area (Å²) < 4.78 is 5.17. The minimum Gasteiger partial charge on any atom is -0.480 e. The van der Waals surface area contributed by atoms with Crippen molar-refractivity contribution in [3.05, 3.63) is 72.2 Å². The molecule has 2 amide bonds. The van der Waals surface area contributed by atoms with Crippen LogP contribution in [0.5, 0.6) is 5.88 Å². The van der Waals surface area contributed by atoms with E-state index in [1.165, 1.54) is 13.4 Å². The lowest BCUT2D eigenvalue weighted by molar-refractivity contribution is -0.132. The first-order valence-corrected chi connectivity index (χ1v) is 12.4. The lowest BCUT2D eigenvalue weighted by Gasteiger charge is -2.34. The maximum atomic E-state index is 13.3. The van der Waals surface area contributed by atoms with Gasteiger partial charge in [-0.05, 0) is 35.9 Å². The van der Waals surface area contributed by atoms with Crippen LogP contribution < -0.4 is 4.74 Å². The van der Waals surface area contributed by atoms with E-state index in [1.54, 1.807) is 23.2 Å². The van der Waals surface area contributed by atoms with Gasteiger partial charge in [-0.2, -0.15) is 5.26 Å². The fourth-order valence-electron chi connectivity index (χ4n) is 4.68. The molecule has 3 heterocycles. The molecule has 9 nitrogen and oxygen atoms in total. The molecule has 0 N–H and O–H groups in total. The van der Waals surface area contributed by atoms with Crippen molar-refractivity contribution in [3.8, 4) is 34.3 Å². The van der Waals surface area contributed by atoms with Crippen LogP contribution in [0.4, 0.5) is 0 Å². The van der Waals surface area contributed by atoms with Crippen molar-refractivity contribution in [1.82, 2.24) is 24.8 Å². The number of hydrogen-bond acceptors (Lipinski definition) is 7. The third-order valence-electron chi connectivity index (χ3n) is 6.74. The summed E-state index contributed by atoms with van der Waals surface area (Å²) in [7, 11) is 1.48. The van der Waals surface area contributed by atoms with Gasteiger partial charge in [-0.15, -0.1) is 0 Å². The molecule has 1 aliphatic heterocycles. The molecular weight excluding hydrogens is 480 g/mol. The van der Waals surface area contributed by atoms with Crippen LogP contribution in [0.2, 0.25) is 0 Å². The molecule has 5 rings (SSSR count). The summed E-state index contributed by atoms with van der Waals surface area (Å²) in [6.45, 7) is 3.96. The van der Waals surface area contributed by atoms with Crippen molar-refractivity contribution in [1.29, 1.82) is 5.26 Å². The van der Waals surface area contributed by atoms with Crippen molar-refractivity contribution in [2.24, 2.45) is 0 Å². The Kier molecular flexibility index (Phi) is 6.96. The van der Waals surface area contributed by atoms with Gasteiger partial charge in [0.1, 0.15) is 18.0 Å². The molecule has 2 aromatic carbocycles. The van der Waals surface area contributed by atoms with Crippen LogP contribution in [-0.2, 0) is 4.79 Å². The Morgan fingerprint density at radius 3 is 2.47 bits per heavy atom. The van der Waals surface area contributed by atoms with Crippen LogP contribution in [0.15, 0.2) is 61.1 Å². The molecule has 38 heavy (non-hydrogen) atoms. The number of pyridine rings is 1. The predicted molar refractivity (Wildman–Crippen MR) is 142 cm³/mol. The number of benzene rings is 2. The van der Waals surface area contributed by atoms with E-state index < -0.39 is 0 Å². The van der Waals surface area contributed by atoms with Crippen LogP contribution >= 0.6 is 0 Å². The average molecular weight is 507 g/mol. The van der Waals surface area contributed by atoms with Crippen LogP contribution in [0.3, 0.4) is 0 Å². The van der Waals surface area contributed by atoms with E-state index in [1.807, 2.05) is 48.2 Å². The van der Waals surface area contributed by atoms with Gasteiger partial charge in [0.05, 0.1) is 18.3 Å². The second-order valence-electron chi connectivity index (χ2n) is 8.95. The lowest BCUT2D eigenvalue weighted by atomic mass is 9.99. The largest absolute Gasteiger partial charge is 0.480 e. The second kappa shape index (κ2) is 10.6. The minimum absolute atomic E-state index is 0.0668. The van der Waals surface area contributed by atoms with Crippen LogP contribution in [0.1, 0.15) is 29.3 Å². The number of hydrogen-bond donors (Lipinski definition) is 0. The van der Waals surface area contributed by atoms with Crippen molar-refractivity contribution in [2.45, 2.75) is 13.3 Å². The smallest absolute Gasteiger partial charge is 0.253 e. The minimum atomic E-state index is -0.0668. The lowest BCUT2D eigenvalue weighted by Crippen LogP contribution is -2.50. The molecule has 1 saturated heterocycles. The zero-order valence-corrected chi connectivity index (χ0v) is 21.2. The van der Waals surface area contributed by atoms with E-state index >= 15 is 0 Å². The van der Waals surface area contributed by atoms with Gasteiger partial charge in [0.15, 0.2) is 0 Å². The standard InChI is InChI=1S/C29H26N6O3/c1-3-26(36)34-9-11-35(12-10-34)29(37)21-6-4-5-20(13-21)27-24-15-19(7-8-25(24)32-18-33-27)23-14-22(16-30)28(38-2)31-17-23/h4-8,13-15,17-18H,3,9-12H2,1-2H3. The summed E-state index contributed by atoms with van der Waals surface area (Å²) in [5.74, 6) is 0.326. The Bertz CT molecular complexity index is 1570. The first-order chi connectivity index (χ1) is 18.5. The number of amides is 2. The fourth-order valence-corrected chi connectivity index (χ4v) is 4.68. The number of methoxy groups -OCH3 is 1. The number of ether oxygens (including phenoxy) is 1. The van der Waals surface area contributed by atoms with Gasteiger partial charge in [-0.1, -0.05) is 25.1 Å². The first kappa shape index (κ1) is 24.8. The monoisotopic (exact) mass is 506 g/mol. The molecule has 0 atom stereocenters. The van der Waals surface area contributed by atoms with Crippen molar-refractivity contribution in [2.75, 3.05) is 33.3 Å². The maximum Gasteiger partial charge on any atom is 0.253 e. The number of aromatic nitrogens is 3. The van der Waals surface area contributed by atoms with Crippen molar-refractivity contribution >= 4 is 22.7 Å². The average Bonchev–Trinajstić information content (AvgIpc) is 2.99. The summed E-state index contributed by atoms with van der Waals surface area (Å²) in [4.78, 5) is 42.1. The van der Waals surface area contributed by atoms with Gasteiger partial charge >= 0.3 is 0 Å². The molecule has 0 saturated carbocycles. The van der Waals surface area contributed by atoms with Gasteiger partial charge < -0.3 is 14.5 Å². The van der Waals surface area contributed by atoms with E-state index in [4.69, 9.17) is 4.74 Å². The van der Waals surface area contributed by atoms with Gasteiger partial charge in [0, 0.05) is 60.9 Å². The number of rotatable bonds is 5. The molecule has 190 valence electrons. The molecule has 0 radical (unpaired) electrons. The Balaban J connectivity index is 1.46. The van der Waals surface area contributed by atoms with E-state index in [0.29, 0.717) is 49.4 Å². The Morgan fingerprint density at radius 2 is 1.74 bits per heavy atom. The number of carbonyl (C=O) groups is 2. The Hall–Kier alpha value is -4.84. The molecule has 1 aliphatic rings. The van der Waals surface area contributed by atoms with E-state index in [2.05, 4.69) is 21.0 Å². The third kappa shape index (κ3) is 4.76. The SMILES string of the molecule is CCC(=O)N1CCN(C(=O)c2cccc(-c3ncnc4ccc(-c5cnc(OC)c(C#N)c5)cc34)c2)CC1. The molecule has 0 unspecified atom stereocenters. The summed E-state index contributed by atoms with van der Waals surface area (Å²) in [6.07, 6.45) is 3.65. The zero-order valence-electron chi connectivity index (χ0n) is 21.2. The highest BCUT2D eigenvalue weighted by Gasteiger charge is 2.24. The Morgan fingerprint density at radius 1 is 0.947 bits per heavy atom. The Labute approximate surface area is 220 Å². The molecule has 0 aliphatic carbocycles. The molecular formula is C29H26N6O3. The first-order valence-electron chi connectivity index (χ1n) is 12.4. The molecule has 0 bridgehead atoms. The highest BCUT2D eigenvalue weighted by Crippen LogP contribution is 2.31. The van der Waals surface area contributed by atoms with Gasteiger partial charge in [-0.25, -0.2) is 15.0 Å². The summed E-state index contributed by atoms with van der Waals surface area (Å²) in [5, 5.41) is 10.3. The highest BCUT2D eigenvalue weighted by atomic mass is 16.5. The molecule has 0 spiro atoms. The van der Waals surface area contributed by atoms with Gasteiger partial charge in [0.25, 0.3) is 5.91 Å². The number of fused-ring (bicyclic) bond motifs is 1. The number of carbonyl (C=O) groups excluding carboxylic acids is 2. The van der Waals surface area contributed by atoms with Crippen LogP contribution in [0.25, 0.3) is 33.3 Å². The normalized spacial score (nSPS) is 13.3. The summed E-state index contributed by atoms with van der Waals surface area (Å²) in [5.41, 5.74) is 4.79. The van der Waals surface area contributed by atoms with Gasteiger partial charge in [0.2, 0.25) is 11.8 Å². The fraction of sp³-hybridized carbons (Fsp3) is 0.241. The van der Waals surface area contributed by atoms with E-state index in [9.17, 15) is 14.9 Å². The van der Waals surface area contributed by atoms with Crippen LogP contribution in [-0.4, -0.2) is 69.9 Å². The van der Waals surface area contributed by atoms with E-state index in [0.717, 1.165) is 27.6 Å². The van der Waals surface area contributed by atoms with Crippen LogP contribution in [0, 0.1) is 11.3 Å². The topological polar surface area (TPSA) is 112 Å². The van der Waals surface area contributed by atoms with E-state index in [-0.39, 0.29) is 17.7 Å². The quantitative estimate of drug-likeness (QED) is 0.403. The summed E-state index contributed by atoms with van der Waals surface area (Å²) in [6, 6.07) is 17.1. The third-order valence-corrected chi connectivity index (χ3v) is 6.74. The molecule has 4 aromatic rings. The highest BCUT2D eigenvalue weighted by molar-refractivity contribution is 5.99. The van der Waals surface area contributed by atoms with Crippen molar-refractivity contribution < 1.29 is 14.3 Å². The predicted octanol–water partition coefficient (Wildman–Crippen LogP) is 3.93. The number of piperazine rings is 1. The number of nitrogens with zero attached hydrogens (tertiary/aromatic N) is 6. The molecule has 2 aromatic heterocycles.